The molecule has 0 saturated heterocycles. The molecule has 70 valence electrons. The summed E-state index contributed by atoms with van der Waals surface area (Å²) >= 11 is 0. The fraction of sp³-hybridized carbons (Fsp3) is 0.400. The van der Waals surface area contributed by atoms with E-state index in [9.17, 15) is 4.39 Å². The smallest absolute Gasteiger partial charge is 0.150 e. The summed E-state index contributed by atoms with van der Waals surface area (Å²) in [5.41, 5.74) is 0.964. The second-order valence-corrected chi connectivity index (χ2v) is 3.19. The van der Waals surface area contributed by atoms with Crippen molar-refractivity contribution in [3.63, 3.8) is 0 Å². The molecule has 2 nitrogen and oxygen atoms in total. The quantitative estimate of drug-likeness (QED) is 0.712. The van der Waals surface area contributed by atoms with Crippen molar-refractivity contribution in [2.45, 2.75) is 19.1 Å². The van der Waals surface area contributed by atoms with Gasteiger partial charge in [0.05, 0.1) is 0 Å². The minimum absolute atomic E-state index is 0.0676. The van der Waals surface area contributed by atoms with Gasteiger partial charge in [0.1, 0.15) is 17.8 Å². The third-order valence-electron chi connectivity index (χ3n) is 2.29. The minimum atomic E-state index is -0.190. The standard InChI is InChI=1S/C10H12FNO/c1-12-10-5-2-7-6-8(11)3-4-9(7)13-10/h3-4,6,10,12H,2,5H2,1H3. The number of fused-ring (bicyclic) bond motifs is 1. The van der Waals surface area contributed by atoms with E-state index < -0.39 is 0 Å². The highest BCUT2D eigenvalue weighted by Gasteiger charge is 2.17. The maximum Gasteiger partial charge on any atom is 0.150 e. The van der Waals surface area contributed by atoms with Crippen molar-refractivity contribution < 1.29 is 9.13 Å². The van der Waals surface area contributed by atoms with Crippen molar-refractivity contribution in [1.29, 1.82) is 0 Å². The average molecular weight is 181 g/mol. The Morgan fingerprint density at radius 1 is 1.54 bits per heavy atom. The van der Waals surface area contributed by atoms with E-state index in [1.807, 2.05) is 7.05 Å². The van der Waals surface area contributed by atoms with Gasteiger partial charge in [-0.15, -0.1) is 0 Å². The van der Waals surface area contributed by atoms with Crippen LogP contribution in [0, 0.1) is 5.82 Å². The molecule has 0 fully saturated rings. The van der Waals surface area contributed by atoms with Crippen molar-refractivity contribution in [2.24, 2.45) is 0 Å². The summed E-state index contributed by atoms with van der Waals surface area (Å²) in [7, 11) is 1.86. The Morgan fingerprint density at radius 3 is 3.15 bits per heavy atom. The Balaban J connectivity index is 2.26. The van der Waals surface area contributed by atoms with Gasteiger partial charge in [-0.25, -0.2) is 4.39 Å². The van der Waals surface area contributed by atoms with Gasteiger partial charge < -0.3 is 4.74 Å². The number of nitrogens with one attached hydrogen (secondary N) is 1. The first-order valence-electron chi connectivity index (χ1n) is 4.42. The lowest BCUT2D eigenvalue weighted by atomic mass is 10.1. The number of hydrogen-bond acceptors (Lipinski definition) is 2. The highest BCUT2D eigenvalue weighted by Crippen LogP contribution is 2.26. The lowest BCUT2D eigenvalue weighted by Crippen LogP contribution is -2.34. The first-order chi connectivity index (χ1) is 6.29. The van der Waals surface area contributed by atoms with E-state index in [1.54, 1.807) is 12.1 Å². The molecule has 0 spiro atoms. The van der Waals surface area contributed by atoms with E-state index in [0.29, 0.717) is 0 Å². The highest BCUT2D eigenvalue weighted by atomic mass is 19.1. The molecule has 1 aromatic carbocycles. The Hall–Kier alpha value is -1.09. The third kappa shape index (κ3) is 1.65. The summed E-state index contributed by atoms with van der Waals surface area (Å²) in [4.78, 5) is 0. The summed E-state index contributed by atoms with van der Waals surface area (Å²) in [6.07, 6.45) is 1.84. The summed E-state index contributed by atoms with van der Waals surface area (Å²) < 4.78 is 18.4. The summed E-state index contributed by atoms with van der Waals surface area (Å²) in [6, 6.07) is 4.66. The molecule has 2 rings (SSSR count). The van der Waals surface area contributed by atoms with Crippen molar-refractivity contribution in [3.8, 4) is 5.75 Å². The molecule has 0 bridgehead atoms. The van der Waals surface area contributed by atoms with Crippen LogP contribution in [0.15, 0.2) is 18.2 Å². The van der Waals surface area contributed by atoms with Crippen LogP contribution in [0.4, 0.5) is 4.39 Å². The molecule has 1 N–H and O–H groups in total. The molecular formula is C10H12FNO. The van der Waals surface area contributed by atoms with Crippen molar-refractivity contribution in [1.82, 2.24) is 5.32 Å². The molecule has 1 aliphatic rings. The van der Waals surface area contributed by atoms with Gasteiger partial charge in [0, 0.05) is 6.42 Å². The minimum Gasteiger partial charge on any atom is -0.475 e. The summed E-state index contributed by atoms with van der Waals surface area (Å²) in [5.74, 6) is 0.609. The summed E-state index contributed by atoms with van der Waals surface area (Å²) in [5, 5.41) is 3.04. The van der Waals surface area contributed by atoms with Gasteiger partial charge in [-0.1, -0.05) is 0 Å². The largest absolute Gasteiger partial charge is 0.475 e. The molecule has 0 radical (unpaired) electrons. The monoisotopic (exact) mass is 181 g/mol. The van der Waals surface area contributed by atoms with Crippen LogP contribution in [-0.4, -0.2) is 13.3 Å². The lowest BCUT2D eigenvalue weighted by Gasteiger charge is -2.25. The zero-order chi connectivity index (χ0) is 9.26. The van der Waals surface area contributed by atoms with Crippen LogP contribution in [0.5, 0.6) is 5.75 Å². The van der Waals surface area contributed by atoms with Gasteiger partial charge in [-0.2, -0.15) is 0 Å². The maximum absolute atomic E-state index is 12.8. The Kier molecular flexibility index (Phi) is 2.19. The van der Waals surface area contributed by atoms with Crippen LogP contribution in [-0.2, 0) is 6.42 Å². The predicted octanol–water partition coefficient (Wildman–Crippen LogP) is 1.70. The first-order valence-corrected chi connectivity index (χ1v) is 4.42. The predicted molar refractivity (Wildman–Crippen MR) is 48.2 cm³/mol. The summed E-state index contributed by atoms with van der Waals surface area (Å²) in [6.45, 7) is 0. The van der Waals surface area contributed by atoms with Gasteiger partial charge in [-0.3, -0.25) is 5.32 Å². The normalized spacial score (nSPS) is 20.6. The van der Waals surface area contributed by atoms with Gasteiger partial charge in [0.25, 0.3) is 0 Å². The van der Waals surface area contributed by atoms with Crippen LogP contribution >= 0.6 is 0 Å². The fourth-order valence-corrected chi connectivity index (χ4v) is 1.56. The van der Waals surface area contributed by atoms with Crippen molar-refractivity contribution in [3.05, 3.63) is 29.6 Å². The van der Waals surface area contributed by atoms with E-state index in [2.05, 4.69) is 5.32 Å². The number of aryl methyl sites for hydroxylation is 1. The first kappa shape index (κ1) is 8.51. The van der Waals surface area contributed by atoms with Gasteiger partial charge in [0.2, 0.25) is 0 Å². The number of hydrogen-bond donors (Lipinski definition) is 1. The number of ether oxygens (including phenoxy) is 1. The molecule has 1 aliphatic heterocycles. The SMILES string of the molecule is CNC1CCc2cc(F)ccc2O1. The highest BCUT2D eigenvalue weighted by molar-refractivity contribution is 5.35. The van der Waals surface area contributed by atoms with E-state index in [-0.39, 0.29) is 12.0 Å². The van der Waals surface area contributed by atoms with E-state index in [1.165, 1.54) is 6.07 Å². The van der Waals surface area contributed by atoms with Crippen LogP contribution in [0.2, 0.25) is 0 Å². The van der Waals surface area contributed by atoms with Gasteiger partial charge in [-0.05, 0) is 37.2 Å². The molecule has 1 heterocycles. The zero-order valence-corrected chi connectivity index (χ0v) is 7.51. The molecule has 1 atom stereocenters. The third-order valence-corrected chi connectivity index (χ3v) is 2.29. The van der Waals surface area contributed by atoms with E-state index in [0.717, 1.165) is 24.2 Å². The van der Waals surface area contributed by atoms with Crippen LogP contribution in [0.1, 0.15) is 12.0 Å². The van der Waals surface area contributed by atoms with Crippen molar-refractivity contribution in [2.75, 3.05) is 7.05 Å². The Morgan fingerprint density at radius 2 is 2.38 bits per heavy atom. The average Bonchev–Trinajstić information content (AvgIpc) is 2.17. The Labute approximate surface area is 76.7 Å². The van der Waals surface area contributed by atoms with Crippen molar-refractivity contribution >= 4 is 0 Å². The molecule has 13 heavy (non-hydrogen) atoms. The molecule has 0 aromatic heterocycles. The molecule has 0 amide bonds. The van der Waals surface area contributed by atoms with Gasteiger partial charge in [0.15, 0.2) is 0 Å². The van der Waals surface area contributed by atoms with Gasteiger partial charge >= 0.3 is 0 Å². The van der Waals surface area contributed by atoms with E-state index in [4.69, 9.17) is 4.74 Å². The fourth-order valence-electron chi connectivity index (χ4n) is 1.56. The second kappa shape index (κ2) is 3.34. The molecule has 0 saturated carbocycles. The second-order valence-electron chi connectivity index (χ2n) is 3.19. The zero-order valence-electron chi connectivity index (χ0n) is 7.51. The van der Waals surface area contributed by atoms with E-state index >= 15 is 0 Å². The Bertz CT molecular complexity index is 314. The number of benzene rings is 1. The van der Waals surface area contributed by atoms with Crippen LogP contribution in [0.3, 0.4) is 0 Å². The molecule has 0 aliphatic carbocycles. The topological polar surface area (TPSA) is 21.3 Å². The molecule has 1 unspecified atom stereocenters. The van der Waals surface area contributed by atoms with Crippen LogP contribution < -0.4 is 10.1 Å². The number of halogens is 1. The lowest BCUT2D eigenvalue weighted by molar-refractivity contribution is 0.147. The molecular weight excluding hydrogens is 169 g/mol. The van der Waals surface area contributed by atoms with Crippen LogP contribution in [0.25, 0.3) is 0 Å². The number of rotatable bonds is 1. The maximum atomic E-state index is 12.8. The molecule has 1 aromatic rings. The molecule has 3 heteroatoms.